The minimum atomic E-state index is -0.0926. The Morgan fingerprint density at radius 1 is 1.62 bits per heavy atom. The topological polar surface area (TPSA) is 77.2 Å². The van der Waals surface area contributed by atoms with Gasteiger partial charge >= 0.3 is 0 Å². The molecule has 44 valence electrons. The predicted octanol–water partition coefficient (Wildman–Crippen LogP) is -0.510. The molecule has 0 aliphatic rings. The first-order valence-electron chi connectivity index (χ1n) is 2.12. The maximum Gasteiger partial charge on any atom is 0.233 e. The van der Waals surface area contributed by atoms with Gasteiger partial charge in [0.05, 0.1) is 5.69 Å². The molecule has 0 saturated carbocycles. The molecule has 0 saturated heterocycles. The predicted molar refractivity (Wildman–Crippen MR) is 30.7 cm³/mol. The lowest BCUT2D eigenvalue weighted by atomic mass is 10.5. The molecule has 0 amide bonds. The Morgan fingerprint density at radius 3 is 2.38 bits per heavy atom. The molecule has 0 spiro atoms. The molecule has 0 aliphatic carbocycles. The van der Waals surface area contributed by atoms with Gasteiger partial charge in [0.1, 0.15) is 0 Å². The zero-order valence-electron chi connectivity index (χ0n) is 4.20. The normalized spacial score (nSPS) is 9.50. The summed E-state index contributed by atoms with van der Waals surface area (Å²) in [7, 11) is 0. The standard InChI is InChI=1S/C4H7N3O/c5-3-1-2-7(6)4(3)8/h1-2,8H,5-6H2. The number of hydrogen-bond acceptors (Lipinski definition) is 3. The van der Waals surface area contributed by atoms with E-state index in [4.69, 9.17) is 16.7 Å². The van der Waals surface area contributed by atoms with Gasteiger partial charge in [-0.2, -0.15) is 0 Å². The van der Waals surface area contributed by atoms with Crippen LogP contribution in [0.15, 0.2) is 12.3 Å². The Balaban J connectivity index is 3.19. The first-order valence-corrected chi connectivity index (χ1v) is 2.12. The van der Waals surface area contributed by atoms with E-state index >= 15 is 0 Å². The fourth-order valence-electron chi connectivity index (χ4n) is 0.455. The molecule has 5 N–H and O–H groups in total. The van der Waals surface area contributed by atoms with Crippen molar-refractivity contribution in [2.75, 3.05) is 11.6 Å². The number of hydrogen-bond donors (Lipinski definition) is 3. The molecule has 0 aliphatic heterocycles. The van der Waals surface area contributed by atoms with E-state index in [0.717, 1.165) is 4.68 Å². The highest BCUT2D eigenvalue weighted by atomic mass is 16.3. The minimum Gasteiger partial charge on any atom is -0.492 e. The van der Waals surface area contributed by atoms with Gasteiger partial charge in [-0.25, -0.2) is 4.68 Å². The van der Waals surface area contributed by atoms with Crippen molar-refractivity contribution in [3.8, 4) is 5.88 Å². The molecule has 1 aromatic rings. The van der Waals surface area contributed by atoms with Gasteiger partial charge < -0.3 is 16.7 Å². The summed E-state index contributed by atoms with van der Waals surface area (Å²) >= 11 is 0. The summed E-state index contributed by atoms with van der Waals surface area (Å²) < 4.78 is 1.05. The van der Waals surface area contributed by atoms with Crippen LogP contribution in [0, 0.1) is 0 Å². The maximum absolute atomic E-state index is 8.76. The number of aromatic nitrogens is 1. The number of rotatable bonds is 0. The molecule has 1 heterocycles. The van der Waals surface area contributed by atoms with Crippen LogP contribution in [0.2, 0.25) is 0 Å². The van der Waals surface area contributed by atoms with E-state index in [1.165, 1.54) is 12.3 Å². The Labute approximate surface area is 46.3 Å². The van der Waals surface area contributed by atoms with Crippen LogP contribution in [0.5, 0.6) is 5.88 Å². The lowest BCUT2D eigenvalue weighted by Crippen LogP contribution is -2.04. The molecule has 1 aromatic heterocycles. The van der Waals surface area contributed by atoms with Crippen molar-refractivity contribution in [3.05, 3.63) is 12.3 Å². The molecule has 0 fully saturated rings. The monoisotopic (exact) mass is 113 g/mol. The summed E-state index contributed by atoms with van der Waals surface area (Å²) in [6.07, 6.45) is 1.48. The van der Waals surface area contributed by atoms with E-state index in [1.54, 1.807) is 0 Å². The third-order valence-electron chi connectivity index (χ3n) is 0.917. The third-order valence-corrected chi connectivity index (χ3v) is 0.917. The molecule has 4 heteroatoms. The average Bonchev–Trinajstić information content (AvgIpc) is 1.98. The second-order valence-electron chi connectivity index (χ2n) is 1.50. The smallest absolute Gasteiger partial charge is 0.233 e. The second-order valence-corrected chi connectivity index (χ2v) is 1.50. The van der Waals surface area contributed by atoms with E-state index in [-0.39, 0.29) is 5.88 Å². The number of anilines is 1. The van der Waals surface area contributed by atoms with Crippen molar-refractivity contribution < 1.29 is 5.11 Å². The lowest BCUT2D eigenvalue weighted by Gasteiger charge is -1.92. The first-order chi connectivity index (χ1) is 3.72. The highest BCUT2D eigenvalue weighted by Crippen LogP contribution is 2.16. The molecule has 1 rings (SSSR count). The summed E-state index contributed by atoms with van der Waals surface area (Å²) in [6, 6.07) is 1.52. The molecule has 4 nitrogen and oxygen atoms in total. The van der Waals surface area contributed by atoms with Gasteiger partial charge in [0.15, 0.2) is 0 Å². The Morgan fingerprint density at radius 2 is 2.25 bits per heavy atom. The summed E-state index contributed by atoms with van der Waals surface area (Å²) in [6.45, 7) is 0. The SMILES string of the molecule is Nc1ccn(N)c1O. The molecule has 8 heavy (non-hydrogen) atoms. The van der Waals surface area contributed by atoms with Crippen LogP contribution in [0.4, 0.5) is 5.69 Å². The van der Waals surface area contributed by atoms with Crippen molar-refractivity contribution in [1.82, 2.24) is 4.68 Å². The molecule has 0 atom stereocenters. The molecular formula is C4H7N3O. The molecular weight excluding hydrogens is 106 g/mol. The molecule has 0 unspecified atom stereocenters. The summed E-state index contributed by atoms with van der Waals surface area (Å²) in [5.74, 6) is 5.03. The summed E-state index contributed by atoms with van der Waals surface area (Å²) in [5.41, 5.74) is 5.49. The number of nitrogens with zero attached hydrogens (tertiary/aromatic N) is 1. The van der Waals surface area contributed by atoms with Crippen molar-refractivity contribution in [2.45, 2.75) is 0 Å². The van der Waals surface area contributed by atoms with Crippen molar-refractivity contribution in [2.24, 2.45) is 0 Å². The van der Waals surface area contributed by atoms with E-state index < -0.39 is 0 Å². The van der Waals surface area contributed by atoms with Gasteiger partial charge in [-0.3, -0.25) is 0 Å². The van der Waals surface area contributed by atoms with Crippen molar-refractivity contribution in [1.29, 1.82) is 0 Å². The van der Waals surface area contributed by atoms with Crippen LogP contribution in [0.3, 0.4) is 0 Å². The number of nitrogen functional groups attached to an aromatic ring is 2. The minimum absolute atomic E-state index is 0.0926. The largest absolute Gasteiger partial charge is 0.492 e. The van der Waals surface area contributed by atoms with Crippen molar-refractivity contribution in [3.63, 3.8) is 0 Å². The lowest BCUT2D eigenvalue weighted by molar-refractivity contribution is 0.440. The van der Waals surface area contributed by atoms with Crippen LogP contribution < -0.4 is 11.6 Å². The maximum atomic E-state index is 8.76. The summed E-state index contributed by atoms with van der Waals surface area (Å²) in [4.78, 5) is 0. The van der Waals surface area contributed by atoms with Gasteiger partial charge in [-0.05, 0) is 6.07 Å². The summed E-state index contributed by atoms with van der Waals surface area (Å²) in [5, 5.41) is 8.76. The van der Waals surface area contributed by atoms with Gasteiger partial charge in [-0.15, -0.1) is 0 Å². The highest BCUT2D eigenvalue weighted by Gasteiger charge is 1.97. The fraction of sp³-hybridized carbons (Fsp3) is 0. The van der Waals surface area contributed by atoms with E-state index in [0.29, 0.717) is 5.69 Å². The van der Waals surface area contributed by atoms with Gasteiger partial charge in [0.25, 0.3) is 0 Å². The van der Waals surface area contributed by atoms with E-state index in [9.17, 15) is 0 Å². The van der Waals surface area contributed by atoms with Gasteiger partial charge in [0.2, 0.25) is 5.88 Å². The third kappa shape index (κ3) is 0.465. The number of nitrogens with two attached hydrogens (primary N) is 2. The molecule has 0 radical (unpaired) electrons. The van der Waals surface area contributed by atoms with Crippen LogP contribution in [0.25, 0.3) is 0 Å². The van der Waals surface area contributed by atoms with Crippen LogP contribution in [0.1, 0.15) is 0 Å². The molecule has 0 bridgehead atoms. The van der Waals surface area contributed by atoms with Gasteiger partial charge in [0, 0.05) is 6.20 Å². The fourth-order valence-corrected chi connectivity index (χ4v) is 0.455. The van der Waals surface area contributed by atoms with E-state index in [1.807, 2.05) is 0 Å². The van der Waals surface area contributed by atoms with Crippen LogP contribution in [-0.4, -0.2) is 9.78 Å². The zero-order chi connectivity index (χ0) is 6.15. The van der Waals surface area contributed by atoms with Crippen molar-refractivity contribution >= 4 is 5.69 Å². The van der Waals surface area contributed by atoms with Gasteiger partial charge in [-0.1, -0.05) is 0 Å². The average molecular weight is 113 g/mol. The highest BCUT2D eigenvalue weighted by molar-refractivity contribution is 5.48. The molecule has 0 aromatic carbocycles. The zero-order valence-corrected chi connectivity index (χ0v) is 4.20. The Kier molecular flexibility index (Phi) is 0.802. The van der Waals surface area contributed by atoms with Crippen LogP contribution >= 0.6 is 0 Å². The van der Waals surface area contributed by atoms with E-state index in [2.05, 4.69) is 0 Å². The second kappa shape index (κ2) is 1.33. The van der Waals surface area contributed by atoms with Crippen LogP contribution in [-0.2, 0) is 0 Å². The number of aromatic hydroxyl groups is 1. The quantitative estimate of drug-likeness (QED) is 0.396. The Bertz CT molecular complexity index is 174. The first kappa shape index (κ1) is 4.83. The Hall–Kier alpha value is -1.32.